The molecule has 0 bridgehead atoms. The molecule has 0 radical (unpaired) electrons. The highest BCUT2D eigenvalue weighted by atomic mass is 79.9. The van der Waals surface area contributed by atoms with E-state index in [0.717, 1.165) is 41.4 Å². The molecule has 5 heteroatoms. The first-order chi connectivity index (χ1) is 9.60. The van der Waals surface area contributed by atoms with Gasteiger partial charge in [-0.3, -0.25) is 0 Å². The standard InChI is InChI=1S/C15H18BrCl2NO/c1-3-5-9-12(8-19-6-4-2)20-15-11(17)7-10(16)14(18)13(9)15/h7,19H,3-6,8H2,1-2H3. The lowest BCUT2D eigenvalue weighted by molar-refractivity contribution is 0.507. The van der Waals surface area contributed by atoms with Crippen LogP contribution in [0, 0.1) is 0 Å². The van der Waals surface area contributed by atoms with E-state index in [2.05, 4.69) is 35.1 Å². The minimum atomic E-state index is 0.593. The Kier molecular flexibility index (Phi) is 5.79. The topological polar surface area (TPSA) is 25.2 Å². The molecule has 0 unspecified atom stereocenters. The number of fused-ring (bicyclic) bond motifs is 1. The van der Waals surface area contributed by atoms with Crippen molar-refractivity contribution in [3.05, 3.63) is 31.9 Å². The zero-order valence-corrected chi connectivity index (χ0v) is 14.8. The lowest BCUT2D eigenvalue weighted by Gasteiger charge is -2.04. The second-order valence-corrected chi connectivity index (χ2v) is 6.43. The van der Waals surface area contributed by atoms with E-state index in [-0.39, 0.29) is 0 Å². The summed E-state index contributed by atoms with van der Waals surface area (Å²) in [6.07, 6.45) is 3.06. The molecular weight excluding hydrogens is 361 g/mol. The Hall–Kier alpha value is -0.220. The number of furan rings is 1. The lowest BCUT2D eigenvalue weighted by atomic mass is 10.1. The van der Waals surface area contributed by atoms with Gasteiger partial charge < -0.3 is 9.73 Å². The highest BCUT2D eigenvalue weighted by Gasteiger charge is 2.20. The van der Waals surface area contributed by atoms with Crippen molar-refractivity contribution in [2.45, 2.75) is 39.7 Å². The Balaban J connectivity index is 2.54. The fraction of sp³-hybridized carbons (Fsp3) is 0.467. The van der Waals surface area contributed by atoms with Crippen LogP contribution in [0.5, 0.6) is 0 Å². The summed E-state index contributed by atoms with van der Waals surface area (Å²) in [7, 11) is 0. The van der Waals surface area contributed by atoms with Crippen molar-refractivity contribution in [3.63, 3.8) is 0 Å². The first kappa shape index (κ1) is 16.2. The van der Waals surface area contributed by atoms with Gasteiger partial charge >= 0.3 is 0 Å². The van der Waals surface area contributed by atoms with Crippen LogP contribution in [0.25, 0.3) is 11.0 Å². The number of rotatable bonds is 6. The minimum absolute atomic E-state index is 0.593. The van der Waals surface area contributed by atoms with Crippen LogP contribution in [0.2, 0.25) is 10.0 Å². The van der Waals surface area contributed by atoms with Gasteiger partial charge in [-0.05, 0) is 41.4 Å². The molecule has 1 aromatic carbocycles. The third kappa shape index (κ3) is 3.16. The van der Waals surface area contributed by atoms with Gasteiger partial charge in [0.15, 0.2) is 5.58 Å². The molecule has 0 atom stereocenters. The van der Waals surface area contributed by atoms with Gasteiger partial charge in [-0.15, -0.1) is 0 Å². The van der Waals surface area contributed by atoms with Crippen LogP contribution >= 0.6 is 39.1 Å². The highest BCUT2D eigenvalue weighted by Crippen LogP contribution is 2.41. The van der Waals surface area contributed by atoms with E-state index in [1.54, 1.807) is 6.07 Å². The minimum Gasteiger partial charge on any atom is -0.458 e. The first-order valence-corrected chi connectivity index (χ1v) is 8.43. The van der Waals surface area contributed by atoms with Crippen LogP contribution < -0.4 is 5.32 Å². The maximum Gasteiger partial charge on any atom is 0.154 e. The maximum absolute atomic E-state index is 6.43. The second-order valence-electron chi connectivity index (χ2n) is 4.79. The van der Waals surface area contributed by atoms with Crippen LogP contribution in [-0.2, 0) is 13.0 Å². The summed E-state index contributed by atoms with van der Waals surface area (Å²) < 4.78 is 6.77. The summed E-state index contributed by atoms with van der Waals surface area (Å²) in [5.74, 6) is 0.942. The van der Waals surface area contributed by atoms with Gasteiger partial charge in [0.2, 0.25) is 0 Å². The predicted octanol–water partition coefficient (Wildman–Crippen LogP) is 5.95. The van der Waals surface area contributed by atoms with E-state index >= 15 is 0 Å². The van der Waals surface area contributed by atoms with Crippen molar-refractivity contribution in [1.82, 2.24) is 5.32 Å². The summed E-state index contributed by atoms with van der Waals surface area (Å²) in [5.41, 5.74) is 1.86. The first-order valence-electron chi connectivity index (χ1n) is 6.88. The predicted molar refractivity (Wildman–Crippen MR) is 89.9 cm³/mol. The van der Waals surface area contributed by atoms with E-state index in [0.29, 0.717) is 22.2 Å². The molecule has 0 amide bonds. The summed E-state index contributed by atoms with van der Waals surface area (Å²) in [6.45, 7) is 5.97. The Bertz CT molecular complexity index is 610. The molecular formula is C15H18BrCl2NO. The summed E-state index contributed by atoms with van der Waals surface area (Å²) in [6, 6.07) is 1.79. The zero-order chi connectivity index (χ0) is 14.7. The molecule has 2 aromatic rings. The van der Waals surface area contributed by atoms with Gasteiger partial charge in [0.1, 0.15) is 5.76 Å². The Morgan fingerprint density at radius 1 is 1.25 bits per heavy atom. The molecule has 1 N–H and O–H groups in total. The molecule has 2 nitrogen and oxygen atoms in total. The van der Waals surface area contributed by atoms with Gasteiger partial charge in [-0.1, -0.05) is 43.5 Å². The third-order valence-corrected chi connectivity index (χ3v) is 4.73. The van der Waals surface area contributed by atoms with E-state index in [1.807, 2.05) is 0 Å². The average Bonchev–Trinajstić information content (AvgIpc) is 2.77. The van der Waals surface area contributed by atoms with Crippen LogP contribution in [-0.4, -0.2) is 6.54 Å². The molecule has 0 saturated heterocycles. The summed E-state index contributed by atoms with van der Waals surface area (Å²) in [5, 5.41) is 5.59. The number of hydrogen-bond acceptors (Lipinski definition) is 2. The van der Waals surface area contributed by atoms with Crippen LogP contribution in [0.15, 0.2) is 15.0 Å². The van der Waals surface area contributed by atoms with Crippen LogP contribution in [0.3, 0.4) is 0 Å². The number of aryl methyl sites for hydroxylation is 1. The van der Waals surface area contributed by atoms with Gasteiger partial charge in [0.25, 0.3) is 0 Å². The molecule has 110 valence electrons. The van der Waals surface area contributed by atoms with Crippen LogP contribution in [0.1, 0.15) is 38.0 Å². The van der Waals surface area contributed by atoms with Gasteiger partial charge in [0, 0.05) is 15.4 Å². The smallest absolute Gasteiger partial charge is 0.154 e. The lowest BCUT2D eigenvalue weighted by Crippen LogP contribution is -2.14. The fourth-order valence-corrected chi connectivity index (χ4v) is 3.36. The van der Waals surface area contributed by atoms with Crippen molar-refractivity contribution in [3.8, 4) is 0 Å². The largest absolute Gasteiger partial charge is 0.458 e. The molecule has 1 aromatic heterocycles. The van der Waals surface area contributed by atoms with Crippen molar-refractivity contribution in [1.29, 1.82) is 0 Å². The number of benzene rings is 1. The maximum atomic E-state index is 6.43. The SMILES string of the molecule is CCCNCc1oc2c(Cl)cc(Br)c(Cl)c2c1CCC. The molecule has 2 rings (SSSR count). The average molecular weight is 379 g/mol. The normalized spacial score (nSPS) is 11.4. The second kappa shape index (κ2) is 7.17. The van der Waals surface area contributed by atoms with E-state index < -0.39 is 0 Å². The van der Waals surface area contributed by atoms with Crippen molar-refractivity contribution in [2.24, 2.45) is 0 Å². The Labute approximate surface area is 137 Å². The molecule has 0 saturated carbocycles. The fourth-order valence-electron chi connectivity index (χ4n) is 2.31. The summed E-state index contributed by atoms with van der Waals surface area (Å²) in [4.78, 5) is 0. The molecule has 0 aliphatic carbocycles. The Morgan fingerprint density at radius 2 is 2.00 bits per heavy atom. The molecule has 0 spiro atoms. The quantitative estimate of drug-likeness (QED) is 0.495. The monoisotopic (exact) mass is 377 g/mol. The van der Waals surface area contributed by atoms with E-state index in [1.165, 1.54) is 5.56 Å². The summed E-state index contributed by atoms with van der Waals surface area (Å²) >= 11 is 16.2. The number of nitrogens with one attached hydrogen (secondary N) is 1. The number of halogens is 3. The van der Waals surface area contributed by atoms with Crippen molar-refractivity contribution in [2.75, 3.05) is 6.54 Å². The van der Waals surface area contributed by atoms with E-state index in [4.69, 9.17) is 27.6 Å². The Morgan fingerprint density at radius 3 is 2.65 bits per heavy atom. The van der Waals surface area contributed by atoms with Crippen LogP contribution in [0.4, 0.5) is 0 Å². The molecule has 0 fully saturated rings. The van der Waals surface area contributed by atoms with Crippen molar-refractivity contribution < 1.29 is 4.42 Å². The van der Waals surface area contributed by atoms with Crippen molar-refractivity contribution >= 4 is 50.1 Å². The molecule has 20 heavy (non-hydrogen) atoms. The molecule has 0 aliphatic heterocycles. The van der Waals surface area contributed by atoms with Gasteiger partial charge in [-0.25, -0.2) is 0 Å². The molecule has 1 heterocycles. The zero-order valence-electron chi connectivity index (χ0n) is 11.7. The van der Waals surface area contributed by atoms with E-state index in [9.17, 15) is 0 Å². The third-order valence-electron chi connectivity index (χ3n) is 3.20. The molecule has 0 aliphatic rings. The number of hydrogen-bond donors (Lipinski definition) is 1. The van der Waals surface area contributed by atoms with Gasteiger partial charge in [-0.2, -0.15) is 0 Å². The highest BCUT2D eigenvalue weighted by molar-refractivity contribution is 9.10. The van der Waals surface area contributed by atoms with Gasteiger partial charge in [0.05, 0.1) is 16.6 Å².